The molecule has 1 amide bonds. The van der Waals surface area contributed by atoms with Crippen molar-refractivity contribution in [3.8, 4) is 0 Å². The SMILES string of the molecule is CC(C)c1ccccc1NCC(=O)Nc1ccccc1N1CCOCC1. The van der Waals surface area contributed by atoms with E-state index in [1.165, 1.54) is 5.56 Å². The lowest BCUT2D eigenvalue weighted by molar-refractivity contribution is -0.114. The smallest absolute Gasteiger partial charge is 0.243 e. The van der Waals surface area contributed by atoms with Crippen molar-refractivity contribution in [1.29, 1.82) is 0 Å². The Balaban J connectivity index is 1.64. The van der Waals surface area contributed by atoms with Crippen LogP contribution in [0.4, 0.5) is 17.1 Å². The lowest BCUT2D eigenvalue weighted by atomic mass is 10.0. The van der Waals surface area contributed by atoms with Gasteiger partial charge in [-0.3, -0.25) is 4.79 Å². The van der Waals surface area contributed by atoms with Crippen LogP contribution in [0.5, 0.6) is 0 Å². The first-order valence-electron chi connectivity index (χ1n) is 9.19. The predicted octanol–water partition coefficient (Wildman–Crippen LogP) is 3.70. The topological polar surface area (TPSA) is 53.6 Å². The van der Waals surface area contributed by atoms with E-state index in [0.717, 1.165) is 43.4 Å². The molecule has 1 saturated heterocycles. The number of morpholine rings is 1. The molecule has 1 heterocycles. The highest BCUT2D eigenvalue weighted by Crippen LogP contribution is 2.27. The van der Waals surface area contributed by atoms with Crippen molar-refractivity contribution in [3.05, 3.63) is 54.1 Å². The van der Waals surface area contributed by atoms with Crippen molar-refractivity contribution in [1.82, 2.24) is 0 Å². The number of benzene rings is 2. The quantitative estimate of drug-likeness (QED) is 0.831. The Kier molecular flexibility index (Phi) is 6.12. The number of carbonyl (C=O) groups excluding carboxylic acids is 1. The van der Waals surface area contributed by atoms with Gasteiger partial charge in [-0.15, -0.1) is 0 Å². The summed E-state index contributed by atoms with van der Waals surface area (Å²) in [5.41, 5.74) is 4.12. The average Bonchev–Trinajstić information content (AvgIpc) is 2.67. The highest BCUT2D eigenvalue weighted by molar-refractivity contribution is 5.96. The molecule has 2 aromatic rings. The Morgan fingerprint density at radius 2 is 1.69 bits per heavy atom. The van der Waals surface area contributed by atoms with E-state index in [1.54, 1.807) is 0 Å². The Morgan fingerprint density at radius 1 is 1.04 bits per heavy atom. The molecule has 138 valence electrons. The number of carbonyl (C=O) groups is 1. The van der Waals surface area contributed by atoms with Gasteiger partial charge in [-0.25, -0.2) is 0 Å². The summed E-state index contributed by atoms with van der Waals surface area (Å²) in [6.45, 7) is 7.66. The summed E-state index contributed by atoms with van der Waals surface area (Å²) >= 11 is 0. The second-order valence-electron chi connectivity index (χ2n) is 6.76. The van der Waals surface area contributed by atoms with Crippen LogP contribution in [0, 0.1) is 0 Å². The fourth-order valence-corrected chi connectivity index (χ4v) is 3.19. The van der Waals surface area contributed by atoms with Gasteiger partial charge in [0.15, 0.2) is 0 Å². The van der Waals surface area contributed by atoms with Gasteiger partial charge in [-0.1, -0.05) is 44.2 Å². The summed E-state index contributed by atoms with van der Waals surface area (Å²) in [6.07, 6.45) is 0. The molecule has 26 heavy (non-hydrogen) atoms. The standard InChI is InChI=1S/C21H27N3O2/c1-16(2)17-7-3-4-8-18(17)22-15-21(25)23-19-9-5-6-10-20(19)24-11-13-26-14-12-24/h3-10,16,22H,11-15H2,1-2H3,(H,23,25). The third-order valence-corrected chi connectivity index (χ3v) is 4.55. The van der Waals surface area contributed by atoms with Crippen molar-refractivity contribution >= 4 is 23.0 Å². The van der Waals surface area contributed by atoms with Gasteiger partial charge < -0.3 is 20.3 Å². The molecule has 3 rings (SSSR count). The van der Waals surface area contributed by atoms with Crippen LogP contribution >= 0.6 is 0 Å². The van der Waals surface area contributed by atoms with Crippen molar-refractivity contribution < 1.29 is 9.53 Å². The summed E-state index contributed by atoms with van der Waals surface area (Å²) in [4.78, 5) is 14.7. The predicted molar refractivity (Wildman–Crippen MR) is 107 cm³/mol. The van der Waals surface area contributed by atoms with E-state index in [9.17, 15) is 4.79 Å². The summed E-state index contributed by atoms with van der Waals surface area (Å²) in [6, 6.07) is 16.1. The van der Waals surface area contributed by atoms with Gasteiger partial charge in [0.2, 0.25) is 5.91 Å². The Bertz CT molecular complexity index is 740. The molecule has 1 aliphatic rings. The zero-order valence-corrected chi connectivity index (χ0v) is 15.5. The maximum atomic E-state index is 12.5. The number of hydrogen-bond acceptors (Lipinski definition) is 4. The van der Waals surface area contributed by atoms with E-state index in [0.29, 0.717) is 5.92 Å². The van der Waals surface area contributed by atoms with E-state index < -0.39 is 0 Å². The van der Waals surface area contributed by atoms with Crippen LogP contribution < -0.4 is 15.5 Å². The molecule has 1 fully saturated rings. The number of ether oxygens (including phenoxy) is 1. The van der Waals surface area contributed by atoms with Gasteiger partial charge in [0.05, 0.1) is 31.1 Å². The molecule has 0 aliphatic carbocycles. The third-order valence-electron chi connectivity index (χ3n) is 4.55. The molecule has 1 aliphatic heterocycles. The molecule has 0 radical (unpaired) electrons. The number of rotatable bonds is 6. The van der Waals surface area contributed by atoms with Crippen molar-refractivity contribution in [3.63, 3.8) is 0 Å². The fourth-order valence-electron chi connectivity index (χ4n) is 3.19. The molecule has 2 N–H and O–H groups in total. The summed E-state index contributed by atoms with van der Waals surface area (Å²) < 4.78 is 5.42. The molecular formula is C21H27N3O2. The van der Waals surface area contributed by atoms with Crippen LogP contribution in [0.3, 0.4) is 0 Å². The van der Waals surface area contributed by atoms with Gasteiger partial charge in [-0.2, -0.15) is 0 Å². The van der Waals surface area contributed by atoms with E-state index in [1.807, 2.05) is 42.5 Å². The molecule has 5 nitrogen and oxygen atoms in total. The Morgan fingerprint density at radius 3 is 2.42 bits per heavy atom. The number of amides is 1. The van der Waals surface area contributed by atoms with Gasteiger partial charge in [-0.05, 0) is 29.7 Å². The van der Waals surface area contributed by atoms with Crippen molar-refractivity contribution in [2.45, 2.75) is 19.8 Å². The minimum Gasteiger partial charge on any atom is -0.378 e. The number of nitrogens with zero attached hydrogens (tertiary/aromatic N) is 1. The molecule has 0 saturated carbocycles. The third kappa shape index (κ3) is 4.55. The molecule has 0 unspecified atom stereocenters. The van der Waals surface area contributed by atoms with Gasteiger partial charge in [0.25, 0.3) is 0 Å². The normalized spacial score (nSPS) is 14.3. The molecule has 0 atom stereocenters. The average molecular weight is 353 g/mol. The first-order chi connectivity index (χ1) is 12.6. The lowest BCUT2D eigenvalue weighted by Gasteiger charge is -2.30. The number of anilines is 3. The van der Waals surface area contributed by atoms with Crippen LogP contribution in [0.2, 0.25) is 0 Å². The van der Waals surface area contributed by atoms with Gasteiger partial charge >= 0.3 is 0 Å². The highest BCUT2D eigenvalue weighted by Gasteiger charge is 2.16. The summed E-state index contributed by atoms with van der Waals surface area (Å²) in [5, 5.41) is 6.31. The minimum atomic E-state index is -0.0516. The van der Waals surface area contributed by atoms with Crippen molar-refractivity contribution in [2.24, 2.45) is 0 Å². The largest absolute Gasteiger partial charge is 0.378 e. The first-order valence-corrected chi connectivity index (χ1v) is 9.19. The van der Waals surface area contributed by atoms with Crippen LogP contribution in [0.25, 0.3) is 0 Å². The van der Waals surface area contributed by atoms with Gasteiger partial charge in [0, 0.05) is 18.8 Å². The van der Waals surface area contributed by atoms with E-state index in [4.69, 9.17) is 4.74 Å². The molecule has 2 aromatic carbocycles. The summed E-state index contributed by atoms with van der Waals surface area (Å²) in [7, 11) is 0. The molecule has 0 spiro atoms. The monoisotopic (exact) mass is 353 g/mol. The Hall–Kier alpha value is -2.53. The van der Waals surface area contributed by atoms with Crippen LogP contribution in [0.15, 0.2) is 48.5 Å². The fraction of sp³-hybridized carbons (Fsp3) is 0.381. The van der Waals surface area contributed by atoms with Gasteiger partial charge in [0.1, 0.15) is 0 Å². The zero-order valence-electron chi connectivity index (χ0n) is 15.5. The number of hydrogen-bond donors (Lipinski definition) is 2. The maximum Gasteiger partial charge on any atom is 0.243 e. The van der Waals surface area contributed by atoms with E-state index in [-0.39, 0.29) is 12.5 Å². The minimum absolute atomic E-state index is 0.0516. The zero-order chi connectivity index (χ0) is 18.4. The molecule has 0 aromatic heterocycles. The second kappa shape index (κ2) is 8.72. The molecule has 5 heteroatoms. The number of nitrogens with one attached hydrogen (secondary N) is 2. The van der Waals surface area contributed by atoms with Crippen LogP contribution in [-0.4, -0.2) is 38.8 Å². The number of para-hydroxylation sites is 3. The maximum absolute atomic E-state index is 12.5. The molecular weight excluding hydrogens is 326 g/mol. The second-order valence-corrected chi connectivity index (χ2v) is 6.76. The lowest BCUT2D eigenvalue weighted by Crippen LogP contribution is -2.37. The molecule has 0 bridgehead atoms. The summed E-state index contributed by atoms with van der Waals surface area (Å²) in [5.74, 6) is 0.355. The Labute approximate surface area is 155 Å². The van der Waals surface area contributed by atoms with Crippen LogP contribution in [0.1, 0.15) is 25.3 Å². The highest BCUT2D eigenvalue weighted by atomic mass is 16.5. The first kappa shape index (κ1) is 18.3. The van der Waals surface area contributed by atoms with E-state index >= 15 is 0 Å². The van der Waals surface area contributed by atoms with Crippen molar-refractivity contribution in [2.75, 3.05) is 48.4 Å². The van der Waals surface area contributed by atoms with Crippen LogP contribution in [-0.2, 0) is 9.53 Å². The van der Waals surface area contributed by atoms with E-state index in [2.05, 4.69) is 35.4 Å².